The fourth-order valence-electron chi connectivity index (χ4n) is 2.10. The fourth-order valence-corrected chi connectivity index (χ4v) is 2.10. The minimum Gasteiger partial charge on any atom is -0.377 e. The second-order valence-corrected chi connectivity index (χ2v) is 4.63. The average molecular weight is 221 g/mol. The molecule has 1 aliphatic carbocycles. The van der Waals surface area contributed by atoms with Crippen LogP contribution in [0.15, 0.2) is 12.4 Å². The Kier molecular flexibility index (Phi) is 3.44. The molecule has 0 aliphatic heterocycles. The lowest BCUT2D eigenvalue weighted by Crippen LogP contribution is -2.09. The molecular formula is C13H19NO2. The molecule has 0 saturated heterocycles. The summed E-state index contributed by atoms with van der Waals surface area (Å²) in [5.74, 6) is 0.296. The maximum absolute atomic E-state index is 11.6. The number of ketones is 1. The zero-order valence-corrected chi connectivity index (χ0v) is 10.0. The highest BCUT2D eigenvalue weighted by Crippen LogP contribution is 2.21. The Morgan fingerprint density at radius 2 is 2.19 bits per heavy atom. The lowest BCUT2D eigenvalue weighted by atomic mass is 9.95. The van der Waals surface area contributed by atoms with Crippen molar-refractivity contribution in [3.8, 4) is 0 Å². The number of nitrogens with zero attached hydrogens (tertiary/aromatic N) is 1. The third kappa shape index (κ3) is 2.53. The van der Waals surface area contributed by atoms with Crippen LogP contribution >= 0.6 is 0 Å². The van der Waals surface area contributed by atoms with Gasteiger partial charge < -0.3 is 9.30 Å². The smallest absolute Gasteiger partial charge is 0.164 e. The van der Waals surface area contributed by atoms with Gasteiger partial charge in [0.1, 0.15) is 0 Å². The summed E-state index contributed by atoms with van der Waals surface area (Å²) >= 11 is 0. The monoisotopic (exact) mass is 221 g/mol. The van der Waals surface area contributed by atoms with E-state index in [1.807, 2.05) is 20.0 Å². The van der Waals surface area contributed by atoms with Crippen molar-refractivity contribution < 1.29 is 9.53 Å². The number of fused-ring (bicyclic) bond motifs is 1. The first kappa shape index (κ1) is 11.4. The van der Waals surface area contributed by atoms with E-state index in [9.17, 15) is 4.79 Å². The maximum atomic E-state index is 11.6. The van der Waals surface area contributed by atoms with Crippen LogP contribution < -0.4 is 0 Å². The van der Waals surface area contributed by atoms with Crippen molar-refractivity contribution in [3.63, 3.8) is 0 Å². The second kappa shape index (κ2) is 4.83. The van der Waals surface area contributed by atoms with Gasteiger partial charge in [0.15, 0.2) is 5.78 Å². The Hall–Kier alpha value is -1.09. The number of Topliss-reactive ketones (excluding diaryl/α,β-unsaturated/α-hetero) is 1. The van der Waals surface area contributed by atoms with Gasteiger partial charge in [0.05, 0.1) is 12.7 Å². The van der Waals surface area contributed by atoms with Crippen molar-refractivity contribution in [1.29, 1.82) is 0 Å². The van der Waals surface area contributed by atoms with E-state index in [1.165, 1.54) is 5.56 Å². The predicted molar refractivity (Wildman–Crippen MR) is 62.8 cm³/mol. The number of ether oxygens (including phenoxy) is 1. The minimum absolute atomic E-state index is 0.270. The van der Waals surface area contributed by atoms with Crippen LogP contribution in [-0.4, -0.2) is 23.1 Å². The molecule has 2 rings (SSSR count). The molecule has 1 heterocycles. The summed E-state index contributed by atoms with van der Waals surface area (Å²) in [6.45, 7) is 5.60. The Balaban J connectivity index is 1.98. The van der Waals surface area contributed by atoms with E-state index in [4.69, 9.17) is 4.74 Å². The first-order chi connectivity index (χ1) is 7.66. The van der Waals surface area contributed by atoms with Crippen LogP contribution in [0.4, 0.5) is 0 Å². The van der Waals surface area contributed by atoms with Gasteiger partial charge in [-0.1, -0.05) is 0 Å². The van der Waals surface area contributed by atoms with Crippen LogP contribution in [-0.2, 0) is 17.7 Å². The summed E-state index contributed by atoms with van der Waals surface area (Å²) in [6.07, 6.45) is 7.08. The van der Waals surface area contributed by atoms with Crippen LogP contribution in [0.5, 0.6) is 0 Å². The molecule has 0 amide bonds. The molecule has 0 N–H and O–H groups in total. The van der Waals surface area contributed by atoms with Crippen molar-refractivity contribution in [2.45, 2.75) is 45.8 Å². The molecule has 88 valence electrons. The highest BCUT2D eigenvalue weighted by atomic mass is 16.5. The highest BCUT2D eigenvalue weighted by molar-refractivity contribution is 5.98. The van der Waals surface area contributed by atoms with Crippen LogP contribution in [0.1, 0.15) is 42.6 Å². The fraction of sp³-hybridized carbons (Fsp3) is 0.615. The number of carbonyl (C=O) groups excluding carboxylic acids is 1. The quantitative estimate of drug-likeness (QED) is 0.782. The Morgan fingerprint density at radius 1 is 1.38 bits per heavy atom. The number of hydrogen-bond donors (Lipinski definition) is 0. The van der Waals surface area contributed by atoms with Gasteiger partial charge in [-0.3, -0.25) is 4.79 Å². The molecule has 0 radical (unpaired) electrons. The minimum atomic E-state index is 0.270. The van der Waals surface area contributed by atoms with E-state index in [0.29, 0.717) is 18.8 Å². The number of carbonyl (C=O) groups is 1. The first-order valence-electron chi connectivity index (χ1n) is 6.00. The van der Waals surface area contributed by atoms with Crippen LogP contribution in [0.25, 0.3) is 0 Å². The second-order valence-electron chi connectivity index (χ2n) is 4.63. The standard InChI is InChI=1S/C13H19NO2/c1-10(2)16-7-6-14-8-11-4-3-5-13(15)12(11)9-14/h8-10H,3-7H2,1-2H3. The molecule has 0 bridgehead atoms. The average Bonchev–Trinajstić information content (AvgIpc) is 2.61. The van der Waals surface area contributed by atoms with Gasteiger partial charge in [0, 0.05) is 30.9 Å². The topological polar surface area (TPSA) is 31.2 Å². The molecule has 3 heteroatoms. The zero-order chi connectivity index (χ0) is 11.5. The number of hydrogen-bond acceptors (Lipinski definition) is 2. The van der Waals surface area contributed by atoms with Crippen molar-refractivity contribution >= 4 is 5.78 Å². The predicted octanol–water partition coefficient (Wildman–Crippen LogP) is 2.43. The van der Waals surface area contributed by atoms with Gasteiger partial charge in [0.2, 0.25) is 0 Å². The Labute approximate surface area is 96.4 Å². The summed E-state index contributed by atoms with van der Waals surface area (Å²) in [6, 6.07) is 0. The summed E-state index contributed by atoms with van der Waals surface area (Å²) in [7, 11) is 0. The van der Waals surface area contributed by atoms with Crippen LogP contribution in [0.3, 0.4) is 0 Å². The molecule has 1 aliphatic rings. The molecule has 0 atom stereocenters. The van der Waals surface area contributed by atoms with E-state index in [-0.39, 0.29) is 6.10 Å². The van der Waals surface area contributed by atoms with E-state index in [1.54, 1.807) is 0 Å². The summed E-state index contributed by atoms with van der Waals surface area (Å²) < 4.78 is 7.58. The molecule has 0 aromatic carbocycles. The Morgan fingerprint density at radius 3 is 2.88 bits per heavy atom. The van der Waals surface area contributed by atoms with Gasteiger partial charge >= 0.3 is 0 Å². The largest absolute Gasteiger partial charge is 0.377 e. The van der Waals surface area contributed by atoms with Crippen LogP contribution in [0, 0.1) is 0 Å². The molecule has 0 fully saturated rings. The molecule has 16 heavy (non-hydrogen) atoms. The number of aryl methyl sites for hydroxylation is 1. The van der Waals surface area contributed by atoms with Gasteiger partial charge in [-0.25, -0.2) is 0 Å². The highest BCUT2D eigenvalue weighted by Gasteiger charge is 2.18. The maximum Gasteiger partial charge on any atom is 0.164 e. The molecular weight excluding hydrogens is 202 g/mol. The van der Waals surface area contributed by atoms with E-state index >= 15 is 0 Å². The lowest BCUT2D eigenvalue weighted by Gasteiger charge is -2.07. The molecule has 0 unspecified atom stereocenters. The first-order valence-corrected chi connectivity index (χ1v) is 6.00. The van der Waals surface area contributed by atoms with Crippen molar-refractivity contribution in [3.05, 3.63) is 23.5 Å². The van der Waals surface area contributed by atoms with Gasteiger partial charge in [0.25, 0.3) is 0 Å². The lowest BCUT2D eigenvalue weighted by molar-refractivity contribution is 0.0727. The van der Waals surface area contributed by atoms with E-state index < -0.39 is 0 Å². The number of aromatic nitrogens is 1. The Bertz CT molecular complexity index is 379. The van der Waals surface area contributed by atoms with E-state index in [0.717, 1.165) is 24.9 Å². The number of rotatable bonds is 4. The van der Waals surface area contributed by atoms with Crippen molar-refractivity contribution in [2.75, 3.05) is 6.61 Å². The van der Waals surface area contributed by atoms with Gasteiger partial charge in [-0.05, 0) is 32.3 Å². The van der Waals surface area contributed by atoms with Gasteiger partial charge in [-0.15, -0.1) is 0 Å². The van der Waals surface area contributed by atoms with Gasteiger partial charge in [-0.2, -0.15) is 0 Å². The zero-order valence-electron chi connectivity index (χ0n) is 10.0. The SMILES string of the molecule is CC(C)OCCn1cc2c(c1)C(=O)CCC2. The third-order valence-corrected chi connectivity index (χ3v) is 2.91. The molecule has 1 aromatic rings. The normalized spacial score (nSPS) is 15.6. The van der Waals surface area contributed by atoms with Crippen molar-refractivity contribution in [2.24, 2.45) is 0 Å². The van der Waals surface area contributed by atoms with Crippen molar-refractivity contribution in [1.82, 2.24) is 4.57 Å². The van der Waals surface area contributed by atoms with Crippen LogP contribution in [0.2, 0.25) is 0 Å². The molecule has 3 nitrogen and oxygen atoms in total. The van der Waals surface area contributed by atoms with E-state index in [2.05, 4.69) is 10.8 Å². The third-order valence-electron chi connectivity index (χ3n) is 2.91. The summed E-state index contributed by atoms with van der Waals surface area (Å²) in [5.41, 5.74) is 2.14. The summed E-state index contributed by atoms with van der Waals surface area (Å²) in [5, 5.41) is 0. The molecule has 1 aromatic heterocycles. The summed E-state index contributed by atoms with van der Waals surface area (Å²) in [4.78, 5) is 11.6. The molecule has 0 saturated carbocycles. The molecule has 0 spiro atoms.